The van der Waals surface area contributed by atoms with E-state index in [9.17, 15) is 14.7 Å². The van der Waals surface area contributed by atoms with Crippen LogP contribution in [0.2, 0.25) is 10.0 Å². The molecule has 3 N–H and O–H groups in total. The van der Waals surface area contributed by atoms with Gasteiger partial charge in [-0.05, 0) is 25.3 Å². The Kier molecular flexibility index (Phi) is 8.88. The lowest BCUT2D eigenvalue weighted by Gasteiger charge is -2.57. The normalized spacial score (nSPS) is 18.6. The number of rotatable bonds is 10. The molecule has 2 aliphatic heterocycles. The minimum absolute atomic E-state index is 0.0945. The maximum absolute atomic E-state index is 13.3. The molecule has 3 aromatic heterocycles. The van der Waals surface area contributed by atoms with Gasteiger partial charge in [-0.25, -0.2) is 9.97 Å². The van der Waals surface area contributed by atoms with Crippen LogP contribution in [0.4, 0.5) is 0 Å². The lowest BCUT2D eigenvalue weighted by molar-refractivity contribution is -0.131. The molecule has 51 heavy (non-hydrogen) atoms. The molecule has 1 aliphatic carbocycles. The Hall–Kier alpha value is -4.26. The van der Waals surface area contributed by atoms with Crippen molar-refractivity contribution in [3.05, 3.63) is 92.3 Å². The first-order valence-electron chi connectivity index (χ1n) is 17.2. The molecule has 2 aromatic carbocycles. The molecule has 0 bridgehead atoms. The van der Waals surface area contributed by atoms with E-state index in [-0.39, 0.29) is 29.0 Å². The number of nitrogens with zero attached hydrogens (tertiary/aromatic N) is 5. The monoisotopic (exact) mass is 727 g/mol. The van der Waals surface area contributed by atoms with Gasteiger partial charge in [0.15, 0.2) is 5.65 Å². The van der Waals surface area contributed by atoms with Crippen molar-refractivity contribution in [3.63, 3.8) is 0 Å². The number of carbonyl (C=O) groups is 1. The molecule has 3 fully saturated rings. The van der Waals surface area contributed by atoms with Crippen molar-refractivity contribution in [2.45, 2.75) is 50.9 Å². The fraction of sp³-hybridized carbons (Fsp3) is 0.368. The van der Waals surface area contributed by atoms with Crippen LogP contribution in [-0.4, -0.2) is 74.0 Å². The standard InChI is InChI=1S/C38H39Cl2N7O4/c1-45-31(14-32-42-24(13-34(50)47(32)45)19-46-20-38(21-46)15-25(48)16-38)29-8-4-6-27(36(29)40)26-5-3-7-28(35(26)39)30-11-9-22(37(44-30)51-2)17-41-18-23-10-12-33(49)43-23/h3-9,11,13-14,23,25,41,48H,10,12,15-21H2,1-2H3,(H,43,49)/t23-/m0/s1. The van der Waals surface area contributed by atoms with Gasteiger partial charge in [0.1, 0.15) is 0 Å². The van der Waals surface area contributed by atoms with Gasteiger partial charge >= 0.3 is 0 Å². The van der Waals surface area contributed by atoms with E-state index in [1.807, 2.05) is 61.6 Å². The highest BCUT2D eigenvalue weighted by Crippen LogP contribution is 2.48. The Bertz CT molecular complexity index is 2220. The number of aliphatic hydroxyl groups is 1. The van der Waals surface area contributed by atoms with Crippen molar-refractivity contribution in [1.29, 1.82) is 0 Å². The number of amides is 1. The SMILES string of the molecule is COc1nc(-c2cccc(-c3cccc(-c4cc5nc(CN6CC7(CC(O)C7)C6)cc(=O)n5n4C)c3Cl)c2Cl)ccc1CNC[C@@H]1CCC(=O)N1. The Morgan fingerprint density at radius 2 is 1.69 bits per heavy atom. The smallest absolute Gasteiger partial charge is 0.273 e. The molecule has 5 heterocycles. The second kappa shape index (κ2) is 13.4. The number of aliphatic hydroxyl groups excluding tert-OH is 1. The van der Waals surface area contributed by atoms with Crippen LogP contribution in [0.15, 0.2) is 65.5 Å². The summed E-state index contributed by atoms with van der Waals surface area (Å²) in [6.45, 7) is 3.66. The zero-order valence-electron chi connectivity index (χ0n) is 28.5. The van der Waals surface area contributed by atoms with Gasteiger partial charge in [-0.3, -0.25) is 19.2 Å². The van der Waals surface area contributed by atoms with E-state index in [2.05, 4.69) is 15.5 Å². The van der Waals surface area contributed by atoms with Crippen LogP contribution in [0.3, 0.4) is 0 Å². The number of ether oxygens (including phenoxy) is 1. The molecule has 0 unspecified atom stereocenters. The summed E-state index contributed by atoms with van der Waals surface area (Å²) in [4.78, 5) is 36.8. The quantitative estimate of drug-likeness (QED) is 0.182. The number of pyridine rings is 1. The second-order valence-electron chi connectivity index (χ2n) is 14.1. The van der Waals surface area contributed by atoms with E-state index in [4.69, 9.17) is 37.9 Å². The maximum atomic E-state index is 13.3. The molecule has 1 saturated carbocycles. The van der Waals surface area contributed by atoms with Crippen LogP contribution >= 0.6 is 23.2 Å². The van der Waals surface area contributed by atoms with Crippen LogP contribution in [0.25, 0.3) is 39.3 Å². The third kappa shape index (κ3) is 6.31. The Morgan fingerprint density at radius 1 is 0.980 bits per heavy atom. The fourth-order valence-corrected chi connectivity index (χ4v) is 8.70. The van der Waals surface area contributed by atoms with E-state index in [0.717, 1.165) is 71.6 Å². The molecule has 264 valence electrons. The molecule has 2 saturated heterocycles. The highest BCUT2D eigenvalue weighted by molar-refractivity contribution is 6.39. The average Bonchev–Trinajstić information content (AvgIpc) is 3.65. The third-order valence-electron chi connectivity index (χ3n) is 10.5. The number of benzene rings is 2. The first kappa shape index (κ1) is 33.9. The first-order valence-corrected chi connectivity index (χ1v) is 18.0. The lowest BCUT2D eigenvalue weighted by atomic mass is 9.62. The molecule has 5 aromatic rings. The minimum atomic E-state index is -0.175. The highest BCUT2D eigenvalue weighted by Gasteiger charge is 2.51. The van der Waals surface area contributed by atoms with Gasteiger partial charge in [0.05, 0.1) is 40.3 Å². The van der Waals surface area contributed by atoms with Gasteiger partial charge in [0, 0.05) is 97.6 Å². The summed E-state index contributed by atoms with van der Waals surface area (Å²) in [6, 6.07) is 19.1. The molecule has 1 spiro atoms. The number of aromatic nitrogens is 4. The number of halogens is 2. The molecule has 1 atom stereocenters. The van der Waals surface area contributed by atoms with Crippen molar-refractivity contribution in [2.75, 3.05) is 26.7 Å². The Balaban J connectivity index is 1.05. The van der Waals surface area contributed by atoms with E-state index in [1.165, 1.54) is 0 Å². The maximum Gasteiger partial charge on any atom is 0.273 e. The predicted molar refractivity (Wildman–Crippen MR) is 197 cm³/mol. The zero-order chi connectivity index (χ0) is 35.4. The van der Waals surface area contributed by atoms with Gasteiger partial charge in [0.2, 0.25) is 11.8 Å². The zero-order valence-corrected chi connectivity index (χ0v) is 30.0. The molecule has 13 heteroatoms. The van der Waals surface area contributed by atoms with Crippen LogP contribution in [0.1, 0.15) is 36.9 Å². The Labute approximate surface area is 305 Å². The third-order valence-corrected chi connectivity index (χ3v) is 11.3. The average molecular weight is 729 g/mol. The summed E-state index contributed by atoms with van der Waals surface area (Å²) in [5.41, 5.74) is 6.62. The molecular weight excluding hydrogens is 689 g/mol. The second-order valence-corrected chi connectivity index (χ2v) is 14.9. The molecule has 11 nitrogen and oxygen atoms in total. The lowest BCUT2D eigenvalue weighted by Crippen LogP contribution is -2.63. The van der Waals surface area contributed by atoms with E-state index in [1.54, 1.807) is 22.4 Å². The largest absolute Gasteiger partial charge is 0.481 e. The van der Waals surface area contributed by atoms with Gasteiger partial charge in [-0.2, -0.15) is 4.52 Å². The molecule has 3 aliphatic rings. The fourth-order valence-electron chi connectivity index (χ4n) is 8.05. The number of carbonyl (C=O) groups excluding carboxylic acids is 1. The summed E-state index contributed by atoms with van der Waals surface area (Å²) in [6.07, 6.45) is 2.94. The van der Waals surface area contributed by atoms with Crippen LogP contribution in [0.5, 0.6) is 5.88 Å². The molecule has 0 radical (unpaired) electrons. The van der Waals surface area contributed by atoms with Crippen LogP contribution in [-0.2, 0) is 24.9 Å². The van der Waals surface area contributed by atoms with E-state index in [0.29, 0.717) is 53.3 Å². The molecule has 1 amide bonds. The molecular formula is C38H39Cl2N7O4. The van der Waals surface area contributed by atoms with Crippen molar-refractivity contribution in [2.24, 2.45) is 12.5 Å². The number of methoxy groups -OCH3 is 1. The van der Waals surface area contributed by atoms with Crippen molar-refractivity contribution < 1.29 is 14.6 Å². The summed E-state index contributed by atoms with van der Waals surface area (Å²) in [5.74, 6) is 0.587. The number of fused-ring (bicyclic) bond motifs is 1. The van der Waals surface area contributed by atoms with Crippen molar-refractivity contribution in [1.82, 2.24) is 34.7 Å². The van der Waals surface area contributed by atoms with Gasteiger partial charge < -0.3 is 20.5 Å². The van der Waals surface area contributed by atoms with Crippen molar-refractivity contribution in [3.8, 4) is 39.5 Å². The number of hydrogen-bond acceptors (Lipinski definition) is 8. The highest BCUT2D eigenvalue weighted by atomic mass is 35.5. The number of nitrogens with one attached hydrogen (secondary N) is 2. The van der Waals surface area contributed by atoms with Gasteiger partial charge in [-0.15, -0.1) is 0 Å². The summed E-state index contributed by atoms with van der Waals surface area (Å²) in [7, 11) is 3.42. The topological polar surface area (TPSA) is 126 Å². The number of aryl methyl sites for hydroxylation is 1. The summed E-state index contributed by atoms with van der Waals surface area (Å²) in [5, 5.41) is 17.1. The first-order chi connectivity index (χ1) is 24.6. The van der Waals surface area contributed by atoms with Gasteiger partial charge in [0.25, 0.3) is 5.56 Å². The summed E-state index contributed by atoms with van der Waals surface area (Å²) < 4.78 is 8.99. The van der Waals surface area contributed by atoms with Crippen LogP contribution < -0.4 is 20.9 Å². The van der Waals surface area contributed by atoms with E-state index >= 15 is 0 Å². The number of likely N-dealkylation sites (tertiary alicyclic amines) is 1. The van der Waals surface area contributed by atoms with Gasteiger partial charge in [-0.1, -0.05) is 65.7 Å². The predicted octanol–water partition coefficient (Wildman–Crippen LogP) is 5.07. The molecule has 8 rings (SSSR count). The summed E-state index contributed by atoms with van der Waals surface area (Å²) >= 11 is 14.3. The minimum Gasteiger partial charge on any atom is -0.481 e. The Morgan fingerprint density at radius 3 is 2.37 bits per heavy atom. The van der Waals surface area contributed by atoms with Crippen molar-refractivity contribution >= 4 is 34.8 Å². The van der Waals surface area contributed by atoms with Crippen LogP contribution in [0, 0.1) is 5.41 Å². The number of hydrogen-bond donors (Lipinski definition) is 3. The van der Waals surface area contributed by atoms with E-state index < -0.39 is 0 Å².